The van der Waals surface area contributed by atoms with Gasteiger partial charge < -0.3 is 5.73 Å². The second-order valence-electron chi connectivity index (χ2n) is 4.05. The molecular formula is C12H12N6S. The number of pyridine rings is 1. The van der Waals surface area contributed by atoms with E-state index >= 15 is 0 Å². The van der Waals surface area contributed by atoms with Gasteiger partial charge in [0, 0.05) is 18.0 Å². The topological polar surface area (TPSA) is 82.0 Å². The fraction of sp³-hybridized carbons (Fsp3) is 0.167. The smallest absolute Gasteiger partial charge is 0.196 e. The molecule has 0 aliphatic rings. The van der Waals surface area contributed by atoms with E-state index in [-0.39, 0.29) is 0 Å². The summed E-state index contributed by atoms with van der Waals surface area (Å²) in [6.07, 6.45) is 1.93. The molecule has 0 unspecified atom stereocenters. The summed E-state index contributed by atoms with van der Waals surface area (Å²) in [6.45, 7) is 1.90. The molecule has 0 fully saturated rings. The third-order valence-electron chi connectivity index (χ3n) is 2.53. The minimum Gasteiger partial charge on any atom is -0.384 e. The molecule has 2 N–H and O–H groups in total. The number of rotatable bonds is 3. The number of fused-ring (bicyclic) bond motifs is 1. The maximum absolute atomic E-state index is 5.71. The average molecular weight is 272 g/mol. The summed E-state index contributed by atoms with van der Waals surface area (Å²) in [7, 11) is 0. The van der Waals surface area contributed by atoms with Crippen molar-refractivity contribution >= 4 is 23.2 Å². The lowest BCUT2D eigenvalue weighted by molar-refractivity contribution is 0.915. The van der Waals surface area contributed by atoms with E-state index in [9.17, 15) is 0 Å². The van der Waals surface area contributed by atoms with Crippen molar-refractivity contribution in [3.05, 3.63) is 42.0 Å². The van der Waals surface area contributed by atoms with Gasteiger partial charge in [-0.05, 0) is 19.1 Å². The van der Waals surface area contributed by atoms with Gasteiger partial charge >= 0.3 is 0 Å². The van der Waals surface area contributed by atoms with Gasteiger partial charge in [0.15, 0.2) is 10.8 Å². The molecule has 3 aromatic heterocycles. The zero-order valence-corrected chi connectivity index (χ0v) is 11.1. The second-order valence-corrected chi connectivity index (χ2v) is 4.99. The van der Waals surface area contributed by atoms with Crippen molar-refractivity contribution in [2.24, 2.45) is 0 Å². The standard InChI is InChI=1S/C12H12N6S/c1-8-6-9(13)15-10(14-8)7-19-12-17-16-11-4-2-3-5-18(11)12/h2-6H,7H2,1H3,(H2,13,14,15). The molecule has 0 saturated carbocycles. The van der Waals surface area contributed by atoms with E-state index in [1.54, 1.807) is 6.07 Å². The number of thioether (sulfide) groups is 1. The SMILES string of the molecule is Cc1cc(N)nc(CSc2nnc3ccccn23)n1. The van der Waals surface area contributed by atoms with E-state index in [1.807, 2.05) is 35.7 Å². The molecule has 96 valence electrons. The highest BCUT2D eigenvalue weighted by atomic mass is 32.2. The Kier molecular flexibility index (Phi) is 3.04. The fourth-order valence-corrected chi connectivity index (χ4v) is 2.55. The fourth-order valence-electron chi connectivity index (χ4n) is 1.77. The van der Waals surface area contributed by atoms with Crippen LogP contribution in [0.15, 0.2) is 35.6 Å². The Balaban J connectivity index is 1.82. The second kappa shape index (κ2) is 4.85. The molecule has 0 spiro atoms. The van der Waals surface area contributed by atoms with Crippen molar-refractivity contribution in [1.82, 2.24) is 24.6 Å². The molecule has 6 nitrogen and oxygen atoms in total. The van der Waals surface area contributed by atoms with E-state index < -0.39 is 0 Å². The van der Waals surface area contributed by atoms with Gasteiger partial charge in [0.25, 0.3) is 0 Å². The van der Waals surface area contributed by atoms with Gasteiger partial charge in [-0.25, -0.2) is 9.97 Å². The predicted molar refractivity (Wildman–Crippen MR) is 73.7 cm³/mol. The Hall–Kier alpha value is -2.15. The molecule has 0 radical (unpaired) electrons. The molecule has 0 aliphatic heterocycles. The number of nitrogens with two attached hydrogens (primary N) is 1. The first-order valence-corrected chi connectivity index (χ1v) is 6.73. The first-order chi connectivity index (χ1) is 9.22. The van der Waals surface area contributed by atoms with E-state index in [0.29, 0.717) is 17.4 Å². The molecule has 19 heavy (non-hydrogen) atoms. The normalized spacial score (nSPS) is 11.0. The number of aromatic nitrogens is 5. The van der Waals surface area contributed by atoms with Crippen molar-refractivity contribution < 1.29 is 0 Å². The van der Waals surface area contributed by atoms with Crippen LogP contribution in [-0.2, 0) is 5.75 Å². The van der Waals surface area contributed by atoms with Gasteiger partial charge in [-0.2, -0.15) is 0 Å². The Morgan fingerprint density at radius 3 is 3.00 bits per heavy atom. The van der Waals surface area contributed by atoms with Crippen LogP contribution in [0.2, 0.25) is 0 Å². The summed E-state index contributed by atoms with van der Waals surface area (Å²) in [4.78, 5) is 8.55. The molecule has 0 saturated heterocycles. The molecule has 3 heterocycles. The maximum atomic E-state index is 5.71. The van der Waals surface area contributed by atoms with E-state index in [4.69, 9.17) is 5.73 Å². The van der Waals surface area contributed by atoms with Gasteiger partial charge in [-0.15, -0.1) is 10.2 Å². The van der Waals surface area contributed by atoms with Crippen molar-refractivity contribution in [3.63, 3.8) is 0 Å². The van der Waals surface area contributed by atoms with Crippen LogP contribution in [0.3, 0.4) is 0 Å². The monoisotopic (exact) mass is 272 g/mol. The number of nitrogen functional groups attached to an aromatic ring is 1. The summed E-state index contributed by atoms with van der Waals surface area (Å²) in [5.74, 6) is 1.81. The van der Waals surface area contributed by atoms with Crippen LogP contribution in [0, 0.1) is 6.92 Å². The Labute approximate surface area is 114 Å². The minimum atomic E-state index is 0.495. The van der Waals surface area contributed by atoms with E-state index in [1.165, 1.54) is 11.8 Å². The van der Waals surface area contributed by atoms with Crippen molar-refractivity contribution in [2.45, 2.75) is 17.8 Å². The molecule has 7 heteroatoms. The van der Waals surface area contributed by atoms with E-state index in [0.717, 1.165) is 16.5 Å². The van der Waals surface area contributed by atoms with Crippen LogP contribution < -0.4 is 5.73 Å². The molecular weight excluding hydrogens is 260 g/mol. The Bertz CT molecular complexity index is 703. The number of hydrogen-bond acceptors (Lipinski definition) is 6. The molecule has 0 aromatic carbocycles. The molecule has 0 bridgehead atoms. The highest BCUT2D eigenvalue weighted by molar-refractivity contribution is 7.98. The Morgan fingerprint density at radius 2 is 2.16 bits per heavy atom. The predicted octanol–water partition coefficient (Wildman–Crippen LogP) is 1.70. The largest absolute Gasteiger partial charge is 0.384 e. The maximum Gasteiger partial charge on any atom is 0.196 e. The van der Waals surface area contributed by atoms with Crippen LogP contribution in [0.4, 0.5) is 5.82 Å². The van der Waals surface area contributed by atoms with Gasteiger partial charge in [-0.1, -0.05) is 17.8 Å². The minimum absolute atomic E-state index is 0.495. The molecule has 0 amide bonds. The van der Waals surface area contributed by atoms with Gasteiger partial charge in [0.2, 0.25) is 0 Å². The Morgan fingerprint density at radius 1 is 1.26 bits per heavy atom. The number of anilines is 1. The third kappa shape index (κ3) is 2.50. The molecule has 3 aromatic rings. The van der Waals surface area contributed by atoms with Crippen molar-refractivity contribution in [2.75, 3.05) is 5.73 Å². The lowest BCUT2D eigenvalue weighted by Crippen LogP contribution is -2.00. The van der Waals surface area contributed by atoms with Crippen LogP contribution in [0.5, 0.6) is 0 Å². The molecule has 0 atom stereocenters. The summed E-state index contributed by atoms with van der Waals surface area (Å²) >= 11 is 1.54. The van der Waals surface area contributed by atoms with Crippen LogP contribution in [0.1, 0.15) is 11.5 Å². The van der Waals surface area contributed by atoms with Gasteiger partial charge in [0.05, 0.1) is 5.75 Å². The van der Waals surface area contributed by atoms with Gasteiger partial charge in [0.1, 0.15) is 11.6 Å². The van der Waals surface area contributed by atoms with Crippen LogP contribution in [0.25, 0.3) is 5.65 Å². The number of aryl methyl sites for hydroxylation is 1. The summed E-state index contributed by atoms with van der Waals surface area (Å²) in [5.41, 5.74) is 7.40. The zero-order chi connectivity index (χ0) is 13.2. The number of nitrogens with zero attached hydrogens (tertiary/aromatic N) is 5. The lowest BCUT2D eigenvalue weighted by atomic mass is 10.4. The quantitative estimate of drug-likeness (QED) is 0.731. The highest BCUT2D eigenvalue weighted by Gasteiger charge is 2.07. The van der Waals surface area contributed by atoms with Crippen LogP contribution in [-0.4, -0.2) is 24.6 Å². The van der Waals surface area contributed by atoms with E-state index in [2.05, 4.69) is 20.2 Å². The van der Waals surface area contributed by atoms with Gasteiger partial charge in [-0.3, -0.25) is 4.40 Å². The number of hydrogen-bond donors (Lipinski definition) is 1. The summed E-state index contributed by atoms with van der Waals surface area (Å²) < 4.78 is 1.93. The molecule has 3 rings (SSSR count). The zero-order valence-electron chi connectivity index (χ0n) is 10.3. The van der Waals surface area contributed by atoms with Crippen molar-refractivity contribution in [1.29, 1.82) is 0 Å². The first kappa shape index (κ1) is 11.9. The highest BCUT2D eigenvalue weighted by Crippen LogP contribution is 2.20. The summed E-state index contributed by atoms with van der Waals surface area (Å²) in [6, 6.07) is 7.54. The summed E-state index contributed by atoms with van der Waals surface area (Å²) in [5, 5.41) is 9.06. The van der Waals surface area contributed by atoms with Crippen LogP contribution >= 0.6 is 11.8 Å². The third-order valence-corrected chi connectivity index (χ3v) is 3.47. The molecule has 0 aliphatic carbocycles. The average Bonchev–Trinajstić information content (AvgIpc) is 2.78. The van der Waals surface area contributed by atoms with Crippen molar-refractivity contribution in [3.8, 4) is 0 Å². The lowest BCUT2D eigenvalue weighted by Gasteiger charge is -2.02. The first-order valence-electron chi connectivity index (χ1n) is 5.75.